The van der Waals surface area contributed by atoms with Gasteiger partial charge in [-0.2, -0.15) is 0 Å². The van der Waals surface area contributed by atoms with Crippen LogP contribution in [0.4, 0.5) is 0 Å². The second-order valence-corrected chi connectivity index (χ2v) is 6.66. The number of hydrogen-bond donors (Lipinski definition) is 3. The van der Waals surface area contributed by atoms with Crippen molar-refractivity contribution in [2.45, 2.75) is 13.5 Å². The maximum atomic E-state index is 6.21. The third-order valence-corrected chi connectivity index (χ3v) is 4.51. The zero-order valence-corrected chi connectivity index (χ0v) is 16.9. The Kier molecular flexibility index (Phi) is 7.78. The third-order valence-electron chi connectivity index (χ3n) is 3.21. The van der Waals surface area contributed by atoms with Crippen LogP contribution in [-0.4, -0.2) is 17.9 Å². The molecule has 26 heavy (non-hydrogen) atoms. The Morgan fingerprint density at radius 3 is 2.58 bits per heavy atom. The van der Waals surface area contributed by atoms with Crippen molar-refractivity contribution in [2.75, 3.05) is 6.61 Å². The van der Waals surface area contributed by atoms with Crippen molar-refractivity contribution in [3.63, 3.8) is 0 Å². The van der Waals surface area contributed by atoms with Gasteiger partial charge in [-0.05, 0) is 49.5 Å². The molecular weight excluding hydrogens is 417 g/mol. The molecule has 0 fully saturated rings. The fourth-order valence-corrected chi connectivity index (χ4v) is 2.76. The fourth-order valence-electron chi connectivity index (χ4n) is 2.04. The summed E-state index contributed by atoms with van der Waals surface area (Å²) in [6.45, 7) is 2.53. The SMILES string of the molecule is CCOc1cc(C=[NH+]NC(N)=S)ccc1OCc1c(Cl)ccc(Cl)c1Cl. The summed E-state index contributed by atoms with van der Waals surface area (Å²) < 4.78 is 11.5. The molecule has 0 aromatic heterocycles. The van der Waals surface area contributed by atoms with Crippen LogP contribution in [0.25, 0.3) is 0 Å². The molecule has 0 bridgehead atoms. The van der Waals surface area contributed by atoms with E-state index in [0.29, 0.717) is 38.7 Å². The first-order chi connectivity index (χ1) is 12.4. The lowest BCUT2D eigenvalue weighted by atomic mass is 10.2. The van der Waals surface area contributed by atoms with E-state index in [1.807, 2.05) is 19.1 Å². The van der Waals surface area contributed by atoms with Gasteiger partial charge >= 0.3 is 0 Å². The van der Waals surface area contributed by atoms with Gasteiger partial charge in [0, 0.05) is 16.1 Å². The number of hydrazine groups is 1. The molecule has 9 heteroatoms. The van der Waals surface area contributed by atoms with E-state index in [0.717, 1.165) is 5.56 Å². The van der Waals surface area contributed by atoms with Crippen LogP contribution in [0.3, 0.4) is 0 Å². The predicted octanol–water partition coefficient (Wildman–Crippen LogP) is 2.87. The topological polar surface area (TPSA) is 70.5 Å². The first kappa shape index (κ1) is 20.6. The summed E-state index contributed by atoms with van der Waals surface area (Å²) >= 11 is 23.1. The van der Waals surface area contributed by atoms with Crippen LogP contribution >= 0.6 is 47.0 Å². The normalized spacial score (nSPS) is 10.8. The fraction of sp³-hybridized carbons (Fsp3) is 0.176. The molecule has 2 aromatic carbocycles. The van der Waals surface area contributed by atoms with Gasteiger partial charge in [0.25, 0.3) is 0 Å². The van der Waals surface area contributed by atoms with E-state index >= 15 is 0 Å². The van der Waals surface area contributed by atoms with E-state index in [9.17, 15) is 0 Å². The van der Waals surface area contributed by atoms with Crippen molar-refractivity contribution in [1.82, 2.24) is 5.43 Å². The molecule has 0 heterocycles. The third kappa shape index (κ3) is 5.64. The van der Waals surface area contributed by atoms with Crippen molar-refractivity contribution in [1.29, 1.82) is 0 Å². The van der Waals surface area contributed by atoms with Crippen LogP contribution < -0.4 is 25.7 Å². The highest BCUT2D eigenvalue weighted by molar-refractivity contribution is 7.80. The van der Waals surface area contributed by atoms with Crippen LogP contribution in [0.15, 0.2) is 30.3 Å². The number of ether oxygens (including phenoxy) is 2. The number of thiocarbonyl (C=S) groups is 1. The summed E-state index contributed by atoms with van der Waals surface area (Å²) in [7, 11) is 0. The summed E-state index contributed by atoms with van der Waals surface area (Å²) in [4.78, 5) is 0. The molecule has 0 spiro atoms. The minimum atomic E-state index is 0.140. The molecule has 0 aliphatic rings. The van der Waals surface area contributed by atoms with E-state index in [-0.39, 0.29) is 11.7 Å². The summed E-state index contributed by atoms with van der Waals surface area (Å²) in [5.74, 6) is 1.13. The highest BCUT2D eigenvalue weighted by atomic mass is 35.5. The van der Waals surface area contributed by atoms with Gasteiger partial charge in [-0.1, -0.05) is 34.8 Å². The summed E-state index contributed by atoms with van der Waals surface area (Å²) in [5.41, 5.74) is 9.41. The highest BCUT2D eigenvalue weighted by Crippen LogP contribution is 2.34. The summed E-state index contributed by atoms with van der Waals surface area (Å²) in [6, 6.07) is 8.75. The zero-order chi connectivity index (χ0) is 19.1. The van der Waals surface area contributed by atoms with Gasteiger partial charge in [-0.15, -0.1) is 10.5 Å². The number of halogens is 3. The first-order valence-electron chi connectivity index (χ1n) is 7.58. The average Bonchev–Trinajstić information content (AvgIpc) is 2.60. The molecule has 138 valence electrons. The maximum absolute atomic E-state index is 6.21. The monoisotopic (exact) mass is 432 g/mol. The van der Waals surface area contributed by atoms with E-state index < -0.39 is 0 Å². The zero-order valence-electron chi connectivity index (χ0n) is 13.8. The number of nitrogens with two attached hydrogens (primary N) is 1. The van der Waals surface area contributed by atoms with Crippen molar-refractivity contribution in [3.05, 3.63) is 56.5 Å². The first-order valence-corrected chi connectivity index (χ1v) is 9.12. The van der Waals surface area contributed by atoms with Crippen LogP contribution in [0.1, 0.15) is 18.1 Å². The van der Waals surface area contributed by atoms with Crippen molar-refractivity contribution in [3.8, 4) is 11.5 Å². The summed E-state index contributed by atoms with van der Waals surface area (Å²) in [5, 5.41) is 4.19. The number of benzene rings is 2. The lowest BCUT2D eigenvalue weighted by Gasteiger charge is -2.14. The van der Waals surface area contributed by atoms with Crippen molar-refractivity contribution < 1.29 is 14.6 Å². The number of hydrazone groups is 1. The molecule has 0 atom stereocenters. The smallest absolute Gasteiger partial charge is 0.221 e. The van der Waals surface area contributed by atoms with Gasteiger partial charge in [-0.25, -0.2) is 0 Å². The van der Waals surface area contributed by atoms with E-state index in [1.54, 1.807) is 24.4 Å². The van der Waals surface area contributed by atoms with Gasteiger partial charge in [0.15, 0.2) is 17.7 Å². The quantitative estimate of drug-likeness (QED) is 0.271. The van der Waals surface area contributed by atoms with Crippen LogP contribution in [0.2, 0.25) is 15.1 Å². The second-order valence-electron chi connectivity index (χ2n) is 5.03. The molecule has 5 nitrogen and oxygen atoms in total. The molecule has 0 amide bonds. The Labute approximate surface area is 172 Å². The van der Waals surface area contributed by atoms with Gasteiger partial charge in [-0.3, -0.25) is 0 Å². The van der Waals surface area contributed by atoms with E-state index in [4.69, 9.17) is 62.2 Å². The minimum absolute atomic E-state index is 0.140. The van der Waals surface area contributed by atoms with Crippen molar-refractivity contribution in [2.24, 2.45) is 5.73 Å². The lowest BCUT2D eigenvalue weighted by Crippen LogP contribution is -2.82. The molecule has 0 aliphatic heterocycles. The van der Waals surface area contributed by atoms with Gasteiger partial charge < -0.3 is 15.2 Å². The molecule has 2 rings (SSSR count). The summed E-state index contributed by atoms with van der Waals surface area (Å²) in [6.07, 6.45) is 1.69. The Hall–Kier alpha value is -1.73. The maximum Gasteiger partial charge on any atom is 0.221 e. The average molecular weight is 434 g/mol. The number of hydrogen-bond acceptors (Lipinski definition) is 3. The molecule has 0 saturated heterocycles. The van der Waals surface area contributed by atoms with Crippen LogP contribution in [0, 0.1) is 0 Å². The van der Waals surface area contributed by atoms with Gasteiger partial charge in [0.1, 0.15) is 6.61 Å². The van der Waals surface area contributed by atoms with Crippen LogP contribution in [0.5, 0.6) is 11.5 Å². The Balaban J connectivity index is 2.20. The Morgan fingerprint density at radius 1 is 1.15 bits per heavy atom. The van der Waals surface area contributed by atoms with Gasteiger partial charge in [0.05, 0.1) is 16.7 Å². The largest absolute Gasteiger partial charge is 0.490 e. The highest BCUT2D eigenvalue weighted by Gasteiger charge is 2.13. The second kappa shape index (κ2) is 9.83. The Morgan fingerprint density at radius 2 is 1.88 bits per heavy atom. The Bertz CT molecular complexity index is 831. The molecule has 4 N–H and O–H groups in total. The molecule has 0 aliphatic carbocycles. The molecule has 2 aromatic rings. The van der Waals surface area contributed by atoms with E-state index in [2.05, 4.69) is 10.5 Å². The number of nitrogens with one attached hydrogen (secondary N) is 2. The van der Waals surface area contributed by atoms with Crippen molar-refractivity contribution >= 4 is 58.3 Å². The minimum Gasteiger partial charge on any atom is -0.490 e. The lowest BCUT2D eigenvalue weighted by molar-refractivity contribution is -0.499. The van der Waals surface area contributed by atoms with E-state index in [1.165, 1.54) is 0 Å². The molecule has 0 radical (unpaired) electrons. The number of rotatable bonds is 7. The van der Waals surface area contributed by atoms with Crippen LogP contribution in [-0.2, 0) is 6.61 Å². The molecule has 0 unspecified atom stereocenters. The molecule has 0 saturated carbocycles. The molecular formula is C17H17Cl3N3O2S+. The predicted molar refractivity (Wildman–Crippen MR) is 109 cm³/mol. The van der Waals surface area contributed by atoms with Gasteiger partial charge in [0.2, 0.25) is 5.11 Å². The standard InChI is InChI=1S/C17H16Cl3N3O2S/c1-2-24-15-7-10(8-22-23-17(21)26)3-6-14(15)25-9-11-12(18)4-5-13(19)16(11)20/h3-8H,2,9H2,1H3,(H3,21,23,26)/p+1.